The number of benzene rings is 1. The zero-order valence-electron chi connectivity index (χ0n) is 16.5. The number of hydrogen-bond acceptors (Lipinski definition) is 7. The number of nitrogens with zero attached hydrogens (tertiary/aromatic N) is 4. The molecule has 3 rings (SSSR count). The van der Waals surface area contributed by atoms with Crippen LogP contribution in [0.1, 0.15) is 44.2 Å². The maximum Gasteiger partial charge on any atom is 0.329 e. The molecule has 0 aliphatic carbocycles. The lowest BCUT2D eigenvalue weighted by atomic mass is 10.0. The zero-order valence-corrected chi connectivity index (χ0v) is 16.5. The molecule has 1 aromatic heterocycles. The van der Waals surface area contributed by atoms with Crippen LogP contribution in [0, 0.1) is 11.3 Å². The third kappa shape index (κ3) is 4.57. The van der Waals surface area contributed by atoms with Crippen molar-refractivity contribution in [1.82, 2.24) is 14.9 Å². The minimum Gasteiger partial charge on any atom is -0.468 e. The summed E-state index contributed by atoms with van der Waals surface area (Å²) >= 11 is 0. The molecule has 0 saturated carbocycles. The van der Waals surface area contributed by atoms with Crippen molar-refractivity contribution in [3.63, 3.8) is 0 Å². The van der Waals surface area contributed by atoms with Crippen molar-refractivity contribution < 1.29 is 9.53 Å². The predicted octanol–water partition coefficient (Wildman–Crippen LogP) is 3.09. The maximum atomic E-state index is 12.1. The Morgan fingerprint density at radius 3 is 2.79 bits per heavy atom. The number of likely N-dealkylation sites (tertiary alicyclic amines) is 1. The molecule has 0 spiro atoms. The van der Waals surface area contributed by atoms with Crippen LogP contribution in [-0.4, -0.2) is 53.6 Å². The fraction of sp³-hybridized carbons (Fsp3) is 0.524. The van der Waals surface area contributed by atoms with Crippen LogP contribution in [-0.2, 0) is 9.53 Å². The van der Waals surface area contributed by atoms with Crippen LogP contribution in [0.3, 0.4) is 0 Å². The molecular weight excluding hydrogens is 354 g/mol. The van der Waals surface area contributed by atoms with E-state index in [9.17, 15) is 10.1 Å². The first-order chi connectivity index (χ1) is 13.6. The highest BCUT2D eigenvalue weighted by Crippen LogP contribution is 2.25. The van der Waals surface area contributed by atoms with E-state index in [-0.39, 0.29) is 0 Å². The van der Waals surface area contributed by atoms with Crippen molar-refractivity contribution in [1.29, 1.82) is 5.26 Å². The molecule has 2 atom stereocenters. The average Bonchev–Trinajstić information content (AvgIpc) is 2.72. The van der Waals surface area contributed by atoms with E-state index >= 15 is 0 Å². The maximum absolute atomic E-state index is 12.1. The van der Waals surface area contributed by atoms with E-state index in [1.165, 1.54) is 26.4 Å². The number of nitriles is 1. The van der Waals surface area contributed by atoms with Gasteiger partial charge in [0.05, 0.1) is 24.2 Å². The number of nitrogens with one attached hydrogen (secondary N) is 1. The lowest BCUT2D eigenvalue weighted by molar-refractivity contribution is -0.141. The van der Waals surface area contributed by atoms with Gasteiger partial charge in [-0.3, -0.25) is 4.79 Å². The number of carbonyl (C=O) groups is 1. The van der Waals surface area contributed by atoms with Gasteiger partial charge in [-0.1, -0.05) is 18.6 Å². The SMILES string of the molecule is COC(=O)[C@@H](C#N)c1nc2ccccc2nc1NCCCN1CCCC[C@@H]1C. The van der Waals surface area contributed by atoms with E-state index in [1.54, 1.807) is 0 Å². The predicted molar refractivity (Wildman–Crippen MR) is 108 cm³/mol. The molecule has 28 heavy (non-hydrogen) atoms. The van der Waals surface area contributed by atoms with Crippen LogP contribution in [0.15, 0.2) is 24.3 Å². The highest BCUT2D eigenvalue weighted by Gasteiger charge is 2.27. The van der Waals surface area contributed by atoms with Gasteiger partial charge in [0.15, 0.2) is 11.7 Å². The van der Waals surface area contributed by atoms with Crippen molar-refractivity contribution in [2.75, 3.05) is 32.1 Å². The van der Waals surface area contributed by atoms with Crippen LogP contribution < -0.4 is 5.32 Å². The summed E-state index contributed by atoms with van der Waals surface area (Å²) in [5.41, 5.74) is 1.69. The van der Waals surface area contributed by atoms with E-state index in [0.717, 1.165) is 25.0 Å². The number of fused-ring (bicyclic) bond motifs is 1. The number of ether oxygens (including phenoxy) is 1. The molecule has 1 saturated heterocycles. The summed E-state index contributed by atoms with van der Waals surface area (Å²) in [7, 11) is 1.27. The van der Waals surface area contributed by atoms with E-state index in [1.807, 2.05) is 30.3 Å². The van der Waals surface area contributed by atoms with Crippen molar-refractivity contribution >= 4 is 22.8 Å². The van der Waals surface area contributed by atoms with Gasteiger partial charge in [-0.2, -0.15) is 5.26 Å². The van der Waals surface area contributed by atoms with Gasteiger partial charge < -0.3 is 15.0 Å². The summed E-state index contributed by atoms with van der Waals surface area (Å²) in [6.07, 6.45) is 4.79. The Labute approximate surface area is 165 Å². The topological polar surface area (TPSA) is 91.1 Å². The number of piperidine rings is 1. The minimum absolute atomic E-state index is 0.319. The molecule has 2 heterocycles. The normalized spacial score (nSPS) is 18.4. The van der Waals surface area contributed by atoms with E-state index in [2.05, 4.69) is 27.1 Å². The lowest BCUT2D eigenvalue weighted by Crippen LogP contribution is -2.38. The average molecular weight is 381 g/mol. The fourth-order valence-electron chi connectivity index (χ4n) is 3.67. The molecule has 7 heteroatoms. The smallest absolute Gasteiger partial charge is 0.329 e. The summed E-state index contributed by atoms with van der Waals surface area (Å²) in [6.45, 7) is 5.15. The van der Waals surface area contributed by atoms with Crippen LogP contribution in [0.5, 0.6) is 0 Å². The van der Waals surface area contributed by atoms with Gasteiger partial charge in [0.1, 0.15) is 5.69 Å². The molecule has 148 valence electrons. The molecule has 2 aromatic rings. The number of hydrogen-bond donors (Lipinski definition) is 1. The van der Waals surface area contributed by atoms with Gasteiger partial charge in [0.2, 0.25) is 0 Å². The highest BCUT2D eigenvalue weighted by molar-refractivity contribution is 5.84. The Morgan fingerprint density at radius 1 is 1.36 bits per heavy atom. The molecule has 0 radical (unpaired) electrons. The third-order valence-electron chi connectivity index (χ3n) is 5.29. The third-order valence-corrected chi connectivity index (χ3v) is 5.29. The molecule has 1 fully saturated rings. The largest absolute Gasteiger partial charge is 0.468 e. The second-order valence-electron chi connectivity index (χ2n) is 7.19. The molecule has 1 N–H and O–H groups in total. The minimum atomic E-state index is -1.10. The van der Waals surface area contributed by atoms with Gasteiger partial charge in [-0.15, -0.1) is 0 Å². The summed E-state index contributed by atoms with van der Waals surface area (Å²) in [5, 5.41) is 12.8. The van der Waals surface area contributed by atoms with Crippen LogP contribution >= 0.6 is 0 Å². The van der Waals surface area contributed by atoms with Crippen LogP contribution in [0.2, 0.25) is 0 Å². The monoisotopic (exact) mass is 381 g/mol. The van der Waals surface area contributed by atoms with E-state index < -0.39 is 11.9 Å². The molecule has 1 aromatic carbocycles. The number of esters is 1. The molecular formula is C21H27N5O2. The number of methoxy groups -OCH3 is 1. The highest BCUT2D eigenvalue weighted by atomic mass is 16.5. The first kappa shape index (κ1) is 20.0. The second kappa shape index (κ2) is 9.47. The Morgan fingerprint density at radius 2 is 2.11 bits per heavy atom. The molecule has 1 aliphatic rings. The Balaban J connectivity index is 1.75. The van der Waals surface area contributed by atoms with Crippen LogP contribution in [0.25, 0.3) is 11.0 Å². The van der Waals surface area contributed by atoms with E-state index in [0.29, 0.717) is 29.6 Å². The van der Waals surface area contributed by atoms with Gasteiger partial charge in [0, 0.05) is 19.1 Å². The van der Waals surface area contributed by atoms with Crippen molar-refractivity contribution in [3.8, 4) is 6.07 Å². The lowest BCUT2D eigenvalue weighted by Gasteiger charge is -2.33. The molecule has 7 nitrogen and oxygen atoms in total. The Kier molecular flexibility index (Phi) is 6.77. The summed E-state index contributed by atoms with van der Waals surface area (Å²) in [6, 6.07) is 10.1. The van der Waals surface area contributed by atoms with Crippen molar-refractivity contribution in [2.45, 2.75) is 44.6 Å². The number of aromatic nitrogens is 2. The molecule has 1 aliphatic heterocycles. The first-order valence-electron chi connectivity index (χ1n) is 9.86. The fourth-order valence-corrected chi connectivity index (χ4v) is 3.67. The molecule has 0 unspecified atom stereocenters. The number of anilines is 1. The summed E-state index contributed by atoms with van der Waals surface area (Å²) in [4.78, 5) is 23.7. The molecule has 0 bridgehead atoms. The number of para-hydroxylation sites is 2. The summed E-state index contributed by atoms with van der Waals surface area (Å²) in [5.74, 6) is -1.26. The van der Waals surface area contributed by atoms with Crippen molar-refractivity contribution in [3.05, 3.63) is 30.0 Å². The Bertz CT molecular complexity index is 863. The van der Waals surface area contributed by atoms with Crippen molar-refractivity contribution in [2.24, 2.45) is 0 Å². The molecule has 0 amide bonds. The summed E-state index contributed by atoms with van der Waals surface area (Å²) < 4.78 is 4.78. The number of rotatable bonds is 7. The van der Waals surface area contributed by atoms with Crippen LogP contribution in [0.4, 0.5) is 5.82 Å². The second-order valence-corrected chi connectivity index (χ2v) is 7.19. The zero-order chi connectivity index (χ0) is 19.9. The van der Waals surface area contributed by atoms with Gasteiger partial charge in [-0.25, -0.2) is 9.97 Å². The van der Waals surface area contributed by atoms with Gasteiger partial charge >= 0.3 is 5.97 Å². The quantitative estimate of drug-likeness (QED) is 0.582. The van der Waals surface area contributed by atoms with Gasteiger partial charge in [0.25, 0.3) is 0 Å². The van der Waals surface area contributed by atoms with E-state index in [4.69, 9.17) is 4.74 Å². The first-order valence-corrected chi connectivity index (χ1v) is 9.86. The number of carbonyl (C=O) groups excluding carboxylic acids is 1. The Hall–Kier alpha value is -2.72. The van der Waals surface area contributed by atoms with Gasteiger partial charge in [-0.05, 0) is 44.9 Å². The standard InChI is InChI=1S/C21H27N5O2/c1-15-8-5-6-12-26(15)13-7-11-23-20-19(16(14-22)21(27)28-2)24-17-9-3-4-10-18(17)25-20/h3-4,9-10,15-16H,5-8,11-13H2,1-2H3,(H,23,25)/t15-,16-/m0/s1.